The zero-order valence-electron chi connectivity index (χ0n) is 8.62. The van der Waals surface area contributed by atoms with Crippen molar-refractivity contribution in [3.63, 3.8) is 0 Å². The highest BCUT2D eigenvalue weighted by atomic mass is 14.9. The third-order valence-corrected chi connectivity index (χ3v) is 2.81. The Kier molecular flexibility index (Phi) is 2.03. The smallest absolute Gasteiger partial charge is 0.0437 e. The summed E-state index contributed by atoms with van der Waals surface area (Å²) in [5.41, 5.74) is 0. The van der Waals surface area contributed by atoms with E-state index in [1.54, 1.807) is 0 Å². The Morgan fingerprint density at radius 1 is 1.23 bits per heavy atom. The van der Waals surface area contributed by atoms with Crippen molar-refractivity contribution in [2.24, 2.45) is 18.9 Å². The minimum atomic E-state index is 0.871. The van der Waals surface area contributed by atoms with Crippen LogP contribution in [0.15, 0.2) is 12.3 Å². The van der Waals surface area contributed by atoms with Crippen molar-refractivity contribution in [1.82, 2.24) is 4.57 Å². The van der Waals surface area contributed by atoms with Crippen LogP contribution in [0, 0.1) is 11.8 Å². The van der Waals surface area contributed by atoms with Crippen LogP contribution in [-0.4, -0.2) is 4.57 Å². The molecule has 1 heterocycles. The van der Waals surface area contributed by atoms with Gasteiger partial charge in [0.25, 0.3) is 0 Å². The first-order valence-electron chi connectivity index (χ1n) is 5.19. The Morgan fingerprint density at radius 2 is 1.92 bits per heavy atom. The van der Waals surface area contributed by atoms with E-state index in [-0.39, 0.29) is 0 Å². The summed E-state index contributed by atoms with van der Waals surface area (Å²) in [7, 11) is 2.12. The second-order valence-corrected chi connectivity index (χ2v) is 3.66. The van der Waals surface area contributed by atoms with Crippen molar-refractivity contribution >= 4 is 12.2 Å². The molecule has 0 radical (unpaired) electrons. The first-order chi connectivity index (χ1) is 6.34. The van der Waals surface area contributed by atoms with Gasteiger partial charge in [-0.05, 0) is 29.5 Å². The number of nitrogens with zero attached hydrogens (tertiary/aromatic N) is 1. The summed E-state index contributed by atoms with van der Waals surface area (Å²) >= 11 is 0. The molecular formula is C12H17N. The van der Waals surface area contributed by atoms with Crippen LogP contribution in [0.25, 0.3) is 12.2 Å². The molecule has 1 saturated carbocycles. The fourth-order valence-electron chi connectivity index (χ4n) is 1.97. The molecule has 1 heteroatoms. The van der Waals surface area contributed by atoms with Crippen molar-refractivity contribution in [3.8, 4) is 0 Å². The van der Waals surface area contributed by atoms with Crippen LogP contribution in [0.1, 0.15) is 20.3 Å². The summed E-state index contributed by atoms with van der Waals surface area (Å²) in [6, 6.07) is 2.21. The van der Waals surface area contributed by atoms with Crippen LogP contribution in [0.5, 0.6) is 0 Å². The quantitative estimate of drug-likeness (QED) is 0.559. The molecule has 70 valence electrons. The number of aryl methyl sites for hydroxylation is 1. The number of aromatic nitrogens is 1. The second kappa shape index (κ2) is 3.06. The molecule has 0 aliphatic heterocycles. The average molecular weight is 175 g/mol. The van der Waals surface area contributed by atoms with E-state index < -0.39 is 0 Å². The Labute approximate surface area is 79.4 Å². The van der Waals surface area contributed by atoms with E-state index in [0.29, 0.717) is 0 Å². The molecule has 2 aliphatic rings. The highest BCUT2D eigenvalue weighted by molar-refractivity contribution is 5.48. The van der Waals surface area contributed by atoms with Gasteiger partial charge in [-0.25, -0.2) is 0 Å². The number of fused-ring (bicyclic) bond motifs is 2. The normalized spacial score (nSPS) is 27.0. The summed E-state index contributed by atoms with van der Waals surface area (Å²) in [6.45, 7) is 4.00. The zero-order valence-corrected chi connectivity index (χ0v) is 8.62. The van der Waals surface area contributed by atoms with Crippen molar-refractivity contribution in [3.05, 3.63) is 22.8 Å². The van der Waals surface area contributed by atoms with Gasteiger partial charge in [0.1, 0.15) is 0 Å². The number of rotatable bonds is 0. The molecule has 1 fully saturated rings. The van der Waals surface area contributed by atoms with Gasteiger partial charge in [-0.2, -0.15) is 0 Å². The molecule has 2 unspecified atom stereocenters. The van der Waals surface area contributed by atoms with Gasteiger partial charge in [-0.3, -0.25) is 0 Å². The van der Waals surface area contributed by atoms with E-state index in [1.165, 1.54) is 17.0 Å². The Bertz CT molecular complexity index is 411. The first kappa shape index (κ1) is 8.61. The molecule has 0 bridgehead atoms. The van der Waals surface area contributed by atoms with Crippen LogP contribution in [-0.2, 0) is 7.05 Å². The number of hydrogen-bond acceptors (Lipinski definition) is 0. The van der Waals surface area contributed by atoms with E-state index in [0.717, 1.165) is 11.8 Å². The molecule has 2 atom stereocenters. The van der Waals surface area contributed by atoms with E-state index in [4.69, 9.17) is 0 Å². The highest BCUT2D eigenvalue weighted by Crippen LogP contribution is 2.41. The van der Waals surface area contributed by atoms with Crippen LogP contribution < -0.4 is 10.6 Å². The van der Waals surface area contributed by atoms with Crippen molar-refractivity contribution in [2.45, 2.75) is 20.3 Å². The largest absolute Gasteiger partial charge is 0.351 e. The second-order valence-electron chi connectivity index (χ2n) is 3.66. The predicted octanol–water partition coefficient (Wildman–Crippen LogP) is 1.26. The topological polar surface area (TPSA) is 4.93 Å². The third-order valence-electron chi connectivity index (χ3n) is 2.81. The van der Waals surface area contributed by atoms with Crippen LogP contribution in [0.4, 0.5) is 0 Å². The molecule has 0 amide bonds. The number of hydrogen-bond donors (Lipinski definition) is 0. The lowest BCUT2D eigenvalue weighted by atomic mass is 10.2. The van der Waals surface area contributed by atoms with Gasteiger partial charge < -0.3 is 4.57 Å². The van der Waals surface area contributed by atoms with Crippen LogP contribution in [0.2, 0.25) is 0 Å². The maximum atomic E-state index is 2.42. The molecule has 0 N–H and O–H groups in total. The van der Waals surface area contributed by atoms with E-state index in [2.05, 4.69) is 36.0 Å². The molecule has 0 aromatic carbocycles. The lowest BCUT2D eigenvalue weighted by Crippen LogP contribution is -2.29. The van der Waals surface area contributed by atoms with Crippen molar-refractivity contribution in [2.75, 3.05) is 0 Å². The zero-order chi connectivity index (χ0) is 9.42. The van der Waals surface area contributed by atoms with Gasteiger partial charge >= 0.3 is 0 Å². The van der Waals surface area contributed by atoms with Gasteiger partial charge in [0, 0.05) is 18.6 Å². The SMILES string of the molecule is CC.Cn1ccc2c1=CC1CC1C=2. The Hall–Kier alpha value is -0.980. The predicted molar refractivity (Wildman–Crippen MR) is 56.5 cm³/mol. The Balaban J connectivity index is 0.000000308. The van der Waals surface area contributed by atoms with E-state index in [9.17, 15) is 0 Å². The third kappa shape index (κ3) is 1.32. The minimum Gasteiger partial charge on any atom is -0.351 e. The summed E-state index contributed by atoms with van der Waals surface area (Å²) in [6.07, 6.45) is 8.36. The highest BCUT2D eigenvalue weighted by Gasteiger charge is 2.34. The average Bonchev–Trinajstić information content (AvgIpc) is 2.85. The molecule has 1 aromatic rings. The molecule has 2 aliphatic carbocycles. The van der Waals surface area contributed by atoms with Crippen molar-refractivity contribution in [1.29, 1.82) is 0 Å². The van der Waals surface area contributed by atoms with E-state index in [1.807, 2.05) is 13.8 Å². The molecule has 13 heavy (non-hydrogen) atoms. The molecule has 1 aromatic heterocycles. The lowest BCUT2D eigenvalue weighted by Gasteiger charge is -1.95. The monoisotopic (exact) mass is 175 g/mol. The fourth-order valence-corrected chi connectivity index (χ4v) is 1.97. The maximum Gasteiger partial charge on any atom is 0.0437 e. The molecule has 1 nitrogen and oxygen atoms in total. The van der Waals surface area contributed by atoms with Gasteiger partial charge in [0.15, 0.2) is 0 Å². The van der Waals surface area contributed by atoms with Gasteiger partial charge in [0.2, 0.25) is 0 Å². The lowest BCUT2D eigenvalue weighted by molar-refractivity contribution is 0.873. The van der Waals surface area contributed by atoms with E-state index >= 15 is 0 Å². The molecule has 0 saturated heterocycles. The van der Waals surface area contributed by atoms with Gasteiger partial charge in [-0.1, -0.05) is 26.0 Å². The summed E-state index contributed by atoms with van der Waals surface area (Å²) in [5.74, 6) is 1.75. The van der Waals surface area contributed by atoms with Gasteiger partial charge in [-0.15, -0.1) is 0 Å². The van der Waals surface area contributed by atoms with Gasteiger partial charge in [0.05, 0.1) is 0 Å². The fraction of sp³-hybridized carbons (Fsp3) is 0.500. The molecular weight excluding hydrogens is 158 g/mol. The van der Waals surface area contributed by atoms with Crippen LogP contribution >= 0.6 is 0 Å². The minimum absolute atomic E-state index is 0.871. The molecule has 0 spiro atoms. The summed E-state index contributed by atoms with van der Waals surface area (Å²) < 4.78 is 2.21. The first-order valence-corrected chi connectivity index (χ1v) is 5.19. The van der Waals surface area contributed by atoms with Crippen molar-refractivity contribution < 1.29 is 0 Å². The molecule has 3 rings (SSSR count). The summed E-state index contributed by atoms with van der Waals surface area (Å²) in [5, 5.41) is 2.86. The Morgan fingerprint density at radius 3 is 2.69 bits per heavy atom. The summed E-state index contributed by atoms with van der Waals surface area (Å²) in [4.78, 5) is 0. The standard InChI is InChI=1S/C10H11N.C2H6/c1-11-3-2-7-4-8-5-9(8)6-10(7)11;1-2/h2-4,6,8-9H,5H2,1H3;1-2H3. The van der Waals surface area contributed by atoms with Crippen LogP contribution in [0.3, 0.4) is 0 Å². The maximum absolute atomic E-state index is 2.42.